The molecule has 0 bridgehead atoms. The summed E-state index contributed by atoms with van der Waals surface area (Å²) >= 11 is 0. The molecule has 1 heterocycles. The largest absolute Gasteiger partial charge is 0.326 e. The summed E-state index contributed by atoms with van der Waals surface area (Å²) in [7, 11) is 0. The fraction of sp³-hybridized carbons (Fsp3) is 0.222. The Morgan fingerprint density at radius 1 is 1.12 bits per heavy atom. The molecule has 122 valence electrons. The fourth-order valence-corrected chi connectivity index (χ4v) is 2.15. The smallest absolute Gasteiger partial charge is 0.272 e. The molecule has 6 nitrogen and oxygen atoms in total. The van der Waals surface area contributed by atoms with Gasteiger partial charge in [-0.05, 0) is 49.6 Å². The van der Waals surface area contributed by atoms with E-state index in [-0.39, 0.29) is 17.7 Å². The van der Waals surface area contributed by atoms with Gasteiger partial charge in [0.2, 0.25) is 5.91 Å². The molecule has 3 rings (SSSR count). The van der Waals surface area contributed by atoms with Crippen LogP contribution in [0.15, 0.2) is 53.9 Å². The minimum Gasteiger partial charge on any atom is -0.326 e. The van der Waals surface area contributed by atoms with Crippen molar-refractivity contribution in [2.75, 3.05) is 5.32 Å². The highest BCUT2D eigenvalue weighted by Crippen LogP contribution is 2.30. The normalized spacial score (nSPS) is 14.1. The maximum atomic E-state index is 11.9. The minimum absolute atomic E-state index is 0.0804. The number of carbonyl (C=O) groups is 2. The zero-order chi connectivity index (χ0) is 16.9. The molecule has 1 aromatic heterocycles. The van der Waals surface area contributed by atoms with E-state index < -0.39 is 0 Å². The highest BCUT2D eigenvalue weighted by molar-refractivity contribution is 6.01. The van der Waals surface area contributed by atoms with Crippen LogP contribution in [0.5, 0.6) is 0 Å². The SMILES string of the molecule is C/C(=N\NC(=O)c1cccnc1)c1ccc(NC(=O)C2CC2)cc1. The maximum absolute atomic E-state index is 11.9. The number of hydrogen-bond acceptors (Lipinski definition) is 4. The molecule has 1 aliphatic rings. The second-order valence-electron chi connectivity index (χ2n) is 5.72. The Hall–Kier alpha value is -3.02. The number of nitrogens with one attached hydrogen (secondary N) is 2. The molecule has 0 saturated heterocycles. The lowest BCUT2D eigenvalue weighted by Crippen LogP contribution is -2.19. The van der Waals surface area contributed by atoms with Crippen LogP contribution in [0, 0.1) is 5.92 Å². The number of pyridine rings is 1. The monoisotopic (exact) mass is 322 g/mol. The third kappa shape index (κ3) is 4.04. The number of aromatic nitrogens is 1. The number of rotatable bonds is 5. The lowest BCUT2D eigenvalue weighted by Gasteiger charge is -2.06. The standard InChI is InChI=1S/C18H18N4O2/c1-12(21-22-18(24)15-3-2-10-19-11-15)13-6-8-16(9-7-13)20-17(23)14-4-5-14/h2-3,6-11,14H,4-5H2,1H3,(H,20,23)(H,22,24)/b21-12+. The summed E-state index contributed by atoms with van der Waals surface area (Å²) < 4.78 is 0. The van der Waals surface area contributed by atoms with Crippen LogP contribution < -0.4 is 10.7 Å². The van der Waals surface area contributed by atoms with Gasteiger partial charge in [-0.25, -0.2) is 5.43 Å². The first-order valence-electron chi connectivity index (χ1n) is 7.79. The van der Waals surface area contributed by atoms with Crippen molar-refractivity contribution >= 4 is 23.2 Å². The molecule has 0 unspecified atom stereocenters. The molecule has 2 amide bonds. The van der Waals surface area contributed by atoms with Gasteiger partial charge in [-0.2, -0.15) is 5.10 Å². The third-order valence-corrected chi connectivity index (χ3v) is 3.77. The topological polar surface area (TPSA) is 83.4 Å². The van der Waals surface area contributed by atoms with Crippen molar-refractivity contribution in [1.29, 1.82) is 0 Å². The first-order chi connectivity index (χ1) is 11.6. The zero-order valence-corrected chi connectivity index (χ0v) is 13.3. The van der Waals surface area contributed by atoms with E-state index in [0.717, 1.165) is 24.1 Å². The van der Waals surface area contributed by atoms with Crippen molar-refractivity contribution in [1.82, 2.24) is 10.4 Å². The van der Waals surface area contributed by atoms with E-state index >= 15 is 0 Å². The molecule has 0 radical (unpaired) electrons. The Kier molecular flexibility index (Phi) is 4.65. The van der Waals surface area contributed by atoms with E-state index in [1.165, 1.54) is 6.20 Å². The molecular weight excluding hydrogens is 304 g/mol. The van der Waals surface area contributed by atoms with Crippen LogP contribution in [0.3, 0.4) is 0 Å². The summed E-state index contributed by atoms with van der Waals surface area (Å²) in [6.45, 7) is 1.81. The van der Waals surface area contributed by atoms with Crippen LogP contribution in [0.1, 0.15) is 35.7 Å². The molecule has 0 atom stereocenters. The van der Waals surface area contributed by atoms with Gasteiger partial charge in [0.25, 0.3) is 5.91 Å². The molecule has 0 spiro atoms. The summed E-state index contributed by atoms with van der Waals surface area (Å²) in [5.41, 5.74) is 5.26. The highest BCUT2D eigenvalue weighted by Gasteiger charge is 2.29. The molecular formula is C18H18N4O2. The first kappa shape index (κ1) is 15.9. The molecule has 0 aliphatic heterocycles. The van der Waals surface area contributed by atoms with Crippen molar-refractivity contribution in [2.24, 2.45) is 11.0 Å². The van der Waals surface area contributed by atoms with Crippen molar-refractivity contribution in [3.05, 3.63) is 59.9 Å². The number of carbonyl (C=O) groups excluding carboxylic acids is 2. The number of amides is 2. The second kappa shape index (κ2) is 7.04. The summed E-state index contributed by atoms with van der Waals surface area (Å²) in [4.78, 5) is 27.5. The highest BCUT2D eigenvalue weighted by atomic mass is 16.2. The van der Waals surface area contributed by atoms with Gasteiger partial charge in [-0.15, -0.1) is 0 Å². The summed E-state index contributed by atoms with van der Waals surface area (Å²) in [6, 6.07) is 10.7. The third-order valence-electron chi connectivity index (χ3n) is 3.77. The van der Waals surface area contributed by atoms with E-state index in [0.29, 0.717) is 11.3 Å². The van der Waals surface area contributed by atoms with Gasteiger partial charge in [0.1, 0.15) is 0 Å². The van der Waals surface area contributed by atoms with Crippen molar-refractivity contribution in [2.45, 2.75) is 19.8 Å². The van der Waals surface area contributed by atoms with Crippen molar-refractivity contribution < 1.29 is 9.59 Å². The maximum Gasteiger partial charge on any atom is 0.272 e. The number of nitrogens with zero attached hydrogens (tertiary/aromatic N) is 2. The molecule has 2 aromatic rings. The predicted octanol–water partition coefficient (Wildman–Crippen LogP) is 2.58. The van der Waals surface area contributed by atoms with Crippen LogP contribution in [-0.2, 0) is 4.79 Å². The quantitative estimate of drug-likeness (QED) is 0.655. The van der Waals surface area contributed by atoms with Crippen LogP contribution >= 0.6 is 0 Å². The lowest BCUT2D eigenvalue weighted by molar-refractivity contribution is -0.117. The molecule has 2 N–H and O–H groups in total. The zero-order valence-electron chi connectivity index (χ0n) is 13.3. The predicted molar refractivity (Wildman–Crippen MR) is 91.7 cm³/mol. The number of benzene rings is 1. The van der Waals surface area contributed by atoms with Gasteiger partial charge < -0.3 is 5.32 Å². The van der Waals surface area contributed by atoms with E-state index in [4.69, 9.17) is 0 Å². The minimum atomic E-state index is -0.309. The van der Waals surface area contributed by atoms with Crippen molar-refractivity contribution in [3.63, 3.8) is 0 Å². The summed E-state index contributed by atoms with van der Waals surface area (Å²) in [6.07, 6.45) is 5.05. The van der Waals surface area contributed by atoms with E-state index in [2.05, 4.69) is 20.8 Å². The molecule has 1 aromatic carbocycles. The lowest BCUT2D eigenvalue weighted by atomic mass is 10.1. The average molecular weight is 322 g/mol. The van der Waals surface area contributed by atoms with Gasteiger partial charge in [-0.1, -0.05) is 12.1 Å². The Balaban J connectivity index is 1.60. The number of hydrazone groups is 1. The Morgan fingerprint density at radius 2 is 1.88 bits per heavy atom. The number of anilines is 1. The van der Waals surface area contributed by atoms with Crippen LogP contribution in [0.2, 0.25) is 0 Å². The molecule has 1 aliphatic carbocycles. The van der Waals surface area contributed by atoms with Crippen molar-refractivity contribution in [3.8, 4) is 0 Å². The van der Waals surface area contributed by atoms with Crippen LogP contribution in [0.25, 0.3) is 0 Å². The Morgan fingerprint density at radius 3 is 2.50 bits per heavy atom. The molecule has 1 fully saturated rings. The fourth-order valence-electron chi connectivity index (χ4n) is 2.15. The van der Waals surface area contributed by atoms with E-state index in [1.807, 2.05) is 24.3 Å². The first-order valence-corrected chi connectivity index (χ1v) is 7.79. The van der Waals surface area contributed by atoms with E-state index in [9.17, 15) is 9.59 Å². The van der Waals surface area contributed by atoms with Gasteiger partial charge in [-0.3, -0.25) is 14.6 Å². The Bertz CT molecular complexity index is 765. The van der Waals surface area contributed by atoms with E-state index in [1.54, 1.807) is 25.3 Å². The average Bonchev–Trinajstić information content (AvgIpc) is 3.46. The molecule has 24 heavy (non-hydrogen) atoms. The van der Waals surface area contributed by atoms with Gasteiger partial charge >= 0.3 is 0 Å². The summed E-state index contributed by atoms with van der Waals surface area (Å²) in [5, 5.41) is 6.99. The second-order valence-corrected chi connectivity index (χ2v) is 5.72. The Labute approximate surface area is 140 Å². The molecule has 6 heteroatoms. The summed E-state index contributed by atoms with van der Waals surface area (Å²) in [5.74, 6) is -0.0525. The van der Waals surface area contributed by atoms with Gasteiger partial charge in [0.15, 0.2) is 0 Å². The van der Waals surface area contributed by atoms with Crippen LogP contribution in [0.4, 0.5) is 5.69 Å². The molecule has 1 saturated carbocycles. The van der Waals surface area contributed by atoms with Gasteiger partial charge in [0.05, 0.1) is 11.3 Å². The number of hydrogen-bond donors (Lipinski definition) is 2. The van der Waals surface area contributed by atoms with Crippen LogP contribution in [-0.4, -0.2) is 22.5 Å². The van der Waals surface area contributed by atoms with Gasteiger partial charge in [0, 0.05) is 24.0 Å².